The van der Waals surface area contributed by atoms with Gasteiger partial charge >= 0.3 is 0 Å². The van der Waals surface area contributed by atoms with E-state index in [2.05, 4.69) is 10.1 Å². The summed E-state index contributed by atoms with van der Waals surface area (Å²) in [7, 11) is -2.82. The molecule has 0 aliphatic carbocycles. The molecular formula is C10H21N3O3S. The molecule has 0 amide bonds. The van der Waals surface area contributed by atoms with Crippen LogP contribution in [0.5, 0.6) is 0 Å². The molecule has 1 heterocycles. The van der Waals surface area contributed by atoms with Gasteiger partial charge in [-0.05, 0) is 13.0 Å². The molecule has 17 heavy (non-hydrogen) atoms. The van der Waals surface area contributed by atoms with Gasteiger partial charge in [0.15, 0.2) is 9.84 Å². The average molecular weight is 263 g/mol. The van der Waals surface area contributed by atoms with Gasteiger partial charge in [0.2, 0.25) is 0 Å². The molecule has 0 saturated carbocycles. The fourth-order valence-electron chi connectivity index (χ4n) is 1.67. The van der Waals surface area contributed by atoms with E-state index in [1.807, 2.05) is 13.8 Å². The maximum Gasteiger partial charge on any atom is 0.152 e. The second kappa shape index (κ2) is 5.22. The number of amidine groups is 1. The van der Waals surface area contributed by atoms with E-state index in [0.29, 0.717) is 13.1 Å². The van der Waals surface area contributed by atoms with Crippen molar-refractivity contribution in [1.82, 2.24) is 4.90 Å². The first-order valence-corrected chi connectivity index (χ1v) is 7.50. The summed E-state index contributed by atoms with van der Waals surface area (Å²) < 4.78 is 22.5. The van der Waals surface area contributed by atoms with Crippen molar-refractivity contribution in [3.8, 4) is 0 Å². The highest BCUT2D eigenvalue weighted by atomic mass is 32.2. The van der Waals surface area contributed by atoms with Crippen LogP contribution in [0.1, 0.15) is 20.3 Å². The lowest BCUT2D eigenvalue weighted by Gasteiger charge is -2.30. The molecule has 6 nitrogen and oxygen atoms in total. The Bertz CT molecular complexity index is 376. The molecule has 0 aromatic heterocycles. The molecule has 0 spiro atoms. The highest BCUT2D eigenvalue weighted by molar-refractivity contribution is 7.91. The molecule has 0 bridgehead atoms. The van der Waals surface area contributed by atoms with E-state index in [1.165, 1.54) is 0 Å². The van der Waals surface area contributed by atoms with Crippen molar-refractivity contribution in [1.29, 1.82) is 0 Å². The van der Waals surface area contributed by atoms with Crippen LogP contribution in [-0.2, 0) is 9.84 Å². The normalized spacial score (nSPS) is 22.6. The fourth-order valence-corrected chi connectivity index (χ4v) is 2.95. The number of nitrogens with zero attached hydrogens (tertiary/aromatic N) is 2. The highest BCUT2D eigenvalue weighted by Crippen LogP contribution is 2.21. The Labute approximate surface area is 102 Å². The molecule has 0 atom stereocenters. The molecule has 1 aliphatic heterocycles. The molecule has 1 fully saturated rings. The summed E-state index contributed by atoms with van der Waals surface area (Å²) in [6.45, 7) is 5.73. The van der Waals surface area contributed by atoms with Crippen LogP contribution in [0, 0.1) is 5.41 Å². The van der Waals surface area contributed by atoms with Gasteiger partial charge in [-0.2, -0.15) is 0 Å². The topological polar surface area (TPSA) is 96.0 Å². The van der Waals surface area contributed by atoms with Gasteiger partial charge in [0.25, 0.3) is 0 Å². The van der Waals surface area contributed by atoms with Crippen molar-refractivity contribution in [3.05, 3.63) is 0 Å². The maximum atomic E-state index is 11.3. The average Bonchev–Trinajstić information content (AvgIpc) is 2.26. The number of oxime groups is 1. The van der Waals surface area contributed by atoms with Crippen LogP contribution < -0.4 is 5.73 Å². The van der Waals surface area contributed by atoms with Gasteiger partial charge in [0.05, 0.1) is 11.5 Å². The number of rotatable bonds is 4. The molecule has 1 saturated heterocycles. The molecule has 100 valence electrons. The monoisotopic (exact) mass is 263 g/mol. The quantitative estimate of drug-likeness (QED) is 0.319. The van der Waals surface area contributed by atoms with Crippen molar-refractivity contribution in [2.45, 2.75) is 20.3 Å². The van der Waals surface area contributed by atoms with Crippen molar-refractivity contribution >= 4 is 15.7 Å². The zero-order valence-electron chi connectivity index (χ0n) is 10.4. The van der Waals surface area contributed by atoms with Crippen molar-refractivity contribution in [2.24, 2.45) is 16.3 Å². The van der Waals surface area contributed by atoms with Gasteiger partial charge in [-0.25, -0.2) is 8.42 Å². The van der Waals surface area contributed by atoms with Gasteiger partial charge in [-0.3, -0.25) is 0 Å². The number of hydrogen-bond donors (Lipinski definition) is 2. The van der Waals surface area contributed by atoms with E-state index in [1.54, 1.807) is 0 Å². The Kier molecular flexibility index (Phi) is 4.37. The maximum absolute atomic E-state index is 11.3. The molecule has 1 aliphatic rings. The van der Waals surface area contributed by atoms with Crippen LogP contribution in [0.15, 0.2) is 5.16 Å². The zero-order chi connectivity index (χ0) is 13.1. The van der Waals surface area contributed by atoms with Crippen LogP contribution >= 0.6 is 0 Å². The second-order valence-corrected chi connectivity index (χ2v) is 7.42. The van der Waals surface area contributed by atoms with Crippen molar-refractivity contribution in [3.63, 3.8) is 0 Å². The summed E-state index contributed by atoms with van der Waals surface area (Å²) in [5.74, 6) is 0.677. The lowest BCUT2D eigenvalue weighted by molar-refractivity contribution is 0.255. The summed E-state index contributed by atoms with van der Waals surface area (Å²) >= 11 is 0. The SMILES string of the molecule is CC(C)(CCN1CCS(=O)(=O)CC1)C(N)=NO. The Hall–Kier alpha value is -0.820. The predicted molar refractivity (Wildman–Crippen MR) is 66.9 cm³/mol. The van der Waals surface area contributed by atoms with Gasteiger partial charge < -0.3 is 15.8 Å². The summed E-state index contributed by atoms with van der Waals surface area (Å²) in [5.41, 5.74) is 5.23. The highest BCUT2D eigenvalue weighted by Gasteiger charge is 2.27. The van der Waals surface area contributed by atoms with Crippen LogP contribution in [0.25, 0.3) is 0 Å². The first-order chi connectivity index (χ1) is 7.77. The minimum Gasteiger partial charge on any atom is -0.409 e. The Balaban J connectivity index is 2.43. The Morgan fingerprint density at radius 1 is 1.41 bits per heavy atom. The van der Waals surface area contributed by atoms with E-state index < -0.39 is 9.84 Å². The van der Waals surface area contributed by atoms with E-state index in [4.69, 9.17) is 10.9 Å². The van der Waals surface area contributed by atoms with Crippen molar-refractivity contribution < 1.29 is 13.6 Å². The molecule has 3 N–H and O–H groups in total. The van der Waals surface area contributed by atoms with Gasteiger partial charge in [-0.1, -0.05) is 19.0 Å². The van der Waals surface area contributed by atoms with E-state index >= 15 is 0 Å². The largest absolute Gasteiger partial charge is 0.409 e. The molecular weight excluding hydrogens is 242 g/mol. The van der Waals surface area contributed by atoms with Crippen LogP contribution in [0.2, 0.25) is 0 Å². The molecule has 0 aromatic rings. The van der Waals surface area contributed by atoms with Crippen LogP contribution in [-0.4, -0.2) is 55.5 Å². The summed E-state index contributed by atoms with van der Waals surface area (Å²) in [6, 6.07) is 0. The molecule has 1 rings (SSSR count). The Morgan fingerprint density at radius 2 is 1.94 bits per heavy atom. The minimum atomic E-state index is -2.82. The van der Waals surface area contributed by atoms with E-state index in [9.17, 15) is 8.42 Å². The third kappa shape index (κ3) is 4.16. The molecule has 7 heteroatoms. The minimum absolute atomic E-state index is 0.210. The van der Waals surface area contributed by atoms with Gasteiger partial charge in [-0.15, -0.1) is 0 Å². The zero-order valence-corrected chi connectivity index (χ0v) is 11.2. The summed E-state index contributed by atoms with van der Waals surface area (Å²) in [5, 5.41) is 11.7. The molecule has 0 unspecified atom stereocenters. The summed E-state index contributed by atoms with van der Waals surface area (Å²) in [4.78, 5) is 2.10. The lowest BCUT2D eigenvalue weighted by atomic mass is 9.88. The third-order valence-electron chi connectivity index (χ3n) is 3.29. The molecule has 0 radical (unpaired) electrons. The molecule has 0 aromatic carbocycles. The first-order valence-electron chi connectivity index (χ1n) is 5.68. The van der Waals surface area contributed by atoms with E-state index in [-0.39, 0.29) is 22.8 Å². The Morgan fingerprint density at radius 3 is 2.41 bits per heavy atom. The number of nitrogens with two attached hydrogens (primary N) is 1. The van der Waals surface area contributed by atoms with Gasteiger partial charge in [0, 0.05) is 18.5 Å². The van der Waals surface area contributed by atoms with Gasteiger partial charge in [0.1, 0.15) is 5.84 Å². The number of hydrogen-bond acceptors (Lipinski definition) is 5. The second-order valence-electron chi connectivity index (χ2n) is 5.11. The smallest absolute Gasteiger partial charge is 0.152 e. The van der Waals surface area contributed by atoms with E-state index in [0.717, 1.165) is 13.0 Å². The fraction of sp³-hybridized carbons (Fsp3) is 0.900. The first kappa shape index (κ1) is 14.2. The predicted octanol–water partition coefficient (Wildman–Crippen LogP) is -0.120. The lowest BCUT2D eigenvalue weighted by Crippen LogP contribution is -2.43. The van der Waals surface area contributed by atoms with Crippen LogP contribution in [0.3, 0.4) is 0 Å². The standard InChI is InChI=1S/C10H21N3O3S/c1-10(2,9(11)12-14)3-4-13-5-7-17(15,16)8-6-13/h14H,3-8H2,1-2H3,(H2,11,12). The summed E-state index contributed by atoms with van der Waals surface area (Å²) in [6.07, 6.45) is 0.739. The number of sulfone groups is 1. The van der Waals surface area contributed by atoms with Crippen LogP contribution in [0.4, 0.5) is 0 Å². The van der Waals surface area contributed by atoms with Crippen molar-refractivity contribution in [2.75, 3.05) is 31.1 Å². The third-order valence-corrected chi connectivity index (χ3v) is 4.90.